The van der Waals surface area contributed by atoms with Gasteiger partial charge in [0.05, 0.1) is 39.1 Å². The van der Waals surface area contributed by atoms with Crippen molar-refractivity contribution in [3.05, 3.63) is 40.9 Å². The van der Waals surface area contributed by atoms with Gasteiger partial charge in [0.25, 0.3) is 0 Å². The number of anilines is 1. The molecule has 0 saturated carbocycles. The van der Waals surface area contributed by atoms with Gasteiger partial charge in [-0.2, -0.15) is 0 Å². The van der Waals surface area contributed by atoms with Crippen LogP contribution in [-0.2, 0) is 11.2 Å². The van der Waals surface area contributed by atoms with E-state index in [0.717, 1.165) is 5.56 Å². The highest BCUT2D eigenvalue weighted by Gasteiger charge is 2.13. The zero-order chi connectivity index (χ0) is 19.1. The average molecular weight is 380 g/mol. The van der Waals surface area contributed by atoms with Crippen molar-refractivity contribution in [1.29, 1.82) is 0 Å². The molecule has 7 heteroatoms. The molecule has 1 amide bonds. The molecule has 0 saturated heterocycles. The Labute approximate surface area is 158 Å². The van der Waals surface area contributed by atoms with E-state index in [1.165, 1.54) is 14.2 Å². The molecule has 0 atom stereocenters. The van der Waals surface area contributed by atoms with Crippen LogP contribution in [0.5, 0.6) is 23.0 Å². The van der Waals surface area contributed by atoms with E-state index in [0.29, 0.717) is 40.1 Å². The first-order chi connectivity index (χ1) is 12.5. The van der Waals surface area contributed by atoms with Gasteiger partial charge < -0.3 is 24.3 Å². The molecule has 0 aliphatic carbocycles. The van der Waals surface area contributed by atoms with Gasteiger partial charge in [-0.3, -0.25) is 4.79 Å². The molecule has 0 bridgehead atoms. The fourth-order valence-corrected chi connectivity index (χ4v) is 2.67. The largest absolute Gasteiger partial charge is 0.497 e. The lowest BCUT2D eigenvalue weighted by atomic mass is 10.1. The van der Waals surface area contributed by atoms with Crippen LogP contribution in [0.2, 0.25) is 5.02 Å². The van der Waals surface area contributed by atoms with Gasteiger partial charge in [-0.05, 0) is 24.1 Å². The van der Waals surface area contributed by atoms with Crippen LogP contribution in [0.1, 0.15) is 12.0 Å². The SMILES string of the molecule is COc1cc(CCC(=O)Nc2cc(OC)c(Cl)cc2OC)cc(OC)c1. The molecule has 2 rings (SSSR count). The quantitative estimate of drug-likeness (QED) is 0.752. The minimum Gasteiger partial charge on any atom is -0.497 e. The van der Waals surface area contributed by atoms with Gasteiger partial charge in [0.1, 0.15) is 23.0 Å². The number of methoxy groups -OCH3 is 4. The van der Waals surface area contributed by atoms with E-state index in [1.807, 2.05) is 12.1 Å². The Morgan fingerprint density at radius 3 is 2.04 bits per heavy atom. The van der Waals surface area contributed by atoms with Crippen LogP contribution >= 0.6 is 11.6 Å². The topological polar surface area (TPSA) is 66.0 Å². The second-order valence-corrected chi connectivity index (χ2v) is 5.86. The van der Waals surface area contributed by atoms with Crippen LogP contribution in [0.15, 0.2) is 30.3 Å². The Hall–Kier alpha value is -2.60. The van der Waals surface area contributed by atoms with Gasteiger partial charge in [-0.15, -0.1) is 0 Å². The summed E-state index contributed by atoms with van der Waals surface area (Å²) in [4.78, 5) is 12.3. The van der Waals surface area contributed by atoms with Crippen LogP contribution in [0.25, 0.3) is 0 Å². The zero-order valence-electron chi connectivity index (χ0n) is 15.2. The van der Waals surface area contributed by atoms with Crippen LogP contribution in [0.3, 0.4) is 0 Å². The first-order valence-electron chi connectivity index (χ1n) is 7.94. The average Bonchev–Trinajstić information content (AvgIpc) is 2.66. The molecule has 2 aromatic rings. The van der Waals surface area contributed by atoms with E-state index in [1.54, 1.807) is 32.4 Å². The number of nitrogens with one attached hydrogen (secondary N) is 1. The van der Waals surface area contributed by atoms with Crippen LogP contribution in [0, 0.1) is 0 Å². The number of aryl methyl sites for hydroxylation is 1. The third-order valence-corrected chi connectivity index (χ3v) is 4.10. The summed E-state index contributed by atoms with van der Waals surface area (Å²) in [7, 11) is 6.20. The molecule has 1 N–H and O–H groups in total. The number of amides is 1. The van der Waals surface area contributed by atoms with Gasteiger partial charge in [-0.25, -0.2) is 0 Å². The van der Waals surface area contributed by atoms with Crippen molar-refractivity contribution in [2.75, 3.05) is 33.8 Å². The normalized spacial score (nSPS) is 10.2. The van der Waals surface area contributed by atoms with Gasteiger partial charge in [0.15, 0.2) is 0 Å². The Kier molecular flexibility index (Phi) is 6.97. The number of carbonyl (C=O) groups excluding carboxylic acids is 1. The monoisotopic (exact) mass is 379 g/mol. The first-order valence-corrected chi connectivity index (χ1v) is 8.31. The summed E-state index contributed by atoms with van der Waals surface area (Å²) in [5.41, 5.74) is 1.44. The van der Waals surface area contributed by atoms with E-state index in [-0.39, 0.29) is 12.3 Å². The second kappa shape index (κ2) is 9.20. The number of hydrogen-bond donors (Lipinski definition) is 1. The second-order valence-electron chi connectivity index (χ2n) is 5.46. The number of hydrogen-bond acceptors (Lipinski definition) is 5. The van der Waals surface area contributed by atoms with Gasteiger partial charge in [0.2, 0.25) is 5.91 Å². The maximum Gasteiger partial charge on any atom is 0.224 e. The van der Waals surface area contributed by atoms with Gasteiger partial charge in [-0.1, -0.05) is 11.6 Å². The van der Waals surface area contributed by atoms with E-state index in [9.17, 15) is 4.79 Å². The van der Waals surface area contributed by atoms with Gasteiger partial charge >= 0.3 is 0 Å². The highest BCUT2D eigenvalue weighted by molar-refractivity contribution is 6.32. The number of rotatable bonds is 8. The van der Waals surface area contributed by atoms with E-state index in [4.69, 9.17) is 30.5 Å². The summed E-state index contributed by atoms with van der Waals surface area (Å²) >= 11 is 6.07. The maximum absolute atomic E-state index is 12.3. The predicted octanol–water partition coefficient (Wildman–Crippen LogP) is 3.95. The maximum atomic E-state index is 12.3. The Morgan fingerprint density at radius 2 is 1.50 bits per heavy atom. The standard InChI is InChI=1S/C19H22ClNO5/c1-23-13-7-12(8-14(9-13)24-2)5-6-19(22)21-16-11-17(25-3)15(20)10-18(16)26-4/h7-11H,5-6H2,1-4H3,(H,21,22). The zero-order valence-corrected chi connectivity index (χ0v) is 16.0. The van der Waals surface area contributed by atoms with Crippen molar-refractivity contribution in [2.45, 2.75) is 12.8 Å². The van der Waals surface area contributed by atoms with E-state index in [2.05, 4.69) is 5.32 Å². The highest BCUT2D eigenvalue weighted by Crippen LogP contribution is 2.36. The summed E-state index contributed by atoms with van der Waals surface area (Å²) in [6.45, 7) is 0. The smallest absolute Gasteiger partial charge is 0.224 e. The molecule has 0 fully saturated rings. The van der Waals surface area contributed by atoms with E-state index >= 15 is 0 Å². The van der Waals surface area contributed by atoms with Crippen molar-refractivity contribution < 1.29 is 23.7 Å². The minimum atomic E-state index is -0.158. The molecule has 6 nitrogen and oxygen atoms in total. The van der Waals surface area contributed by atoms with Crippen molar-refractivity contribution >= 4 is 23.2 Å². The predicted molar refractivity (Wildman–Crippen MR) is 101 cm³/mol. The number of ether oxygens (including phenoxy) is 4. The molecule has 2 aromatic carbocycles. The van der Waals surface area contributed by atoms with Crippen LogP contribution in [-0.4, -0.2) is 34.3 Å². The fraction of sp³-hybridized carbons (Fsp3) is 0.316. The molecule has 0 unspecified atom stereocenters. The Balaban J connectivity index is 2.08. The number of carbonyl (C=O) groups is 1. The molecule has 0 spiro atoms. The summed E-state index contributed by atoms with van der Waals surface area (Å²) in [5, 5.41) is 3.23. The number of benzene rings is 2. The summed E-state index contributed by atoms with van der Waals surface area (Å²) in [6, 6.07) is 8.77. The fourth-order valence-electron chi connectivity index (χ4n) is 2.44. The van der Waals surface area contributed by atoms with Crippen molar-refractivity contribution in [3.8, 4) is 23.0 Å². The first kappa shape index (κ1) is 19.7. The lowest BCUT2D eigenvalue weighted by Gasteiger charge is -2.13. The molecule has 0 heterocycles. The lowest BCUT2D eigenvalue weighted by molar-refractivity contribution is -0.116. The molecule has 0 aromatic heterocycles. The minimum absolute atomic E-state index is 0.158. The van der Waals surface area contributed by atoms with Crippen molar-refractivity contribution in [2.24, 2.45) is 0 Å². The summed E-state index contributed by atoms with van der Waals surface area (Å²) in [5.74, 6) is 2.13. The summed E-state index contributed by atoms with van der Waals surface area (Å²) < 4.78 is 20.9. The molecule has 0 aliphatic heterocycles. The van der Waals surface area contributed by atoms with Crippen LogP contribution < -0.4 is 24.3 Å². The Morgan fingerprint density at radius 1 is 0.885 bits per heavy atom. The van der Waals surface area contributed by atoms with Crippen molar-refractivity contribution in [1.82, 2.24) is 0 Å². The van der Waals surface area contributed by atoms with Crippen LogP contribution in [0.4, 0.5) is 5.69 Å². The third-order valence-electron chi connectivity index (χ3n) is 3.80. The summed E-state index contributed by atoms with van der Waals surface area (Å²) in [6.07, 6.45) is 0.816. The molecular weight excluding hydrogens is 358 g/mol. The molecule has 26 heavy (non-hydrogen) atoms. The Bertz CT molecular complexity index is 757. The van der Waals surface area contributed by atoms with Gasteiger partial charge in [0, 0.05) is 24.6 Å². The molecule has 0 aliphatic rings. The van der Waals surface area contributed by atoms with Crippen molar-refractivity contribution in [3.63, 3.8) is 0 Å². The highest BCUT2D eigenvalue weighted by atomic mass is 35.5. The van der Waals surface area contributed by atoms with E-state index < -0.39 is 0 Å². The molecule has 140 valence electrons. The molecular formula is C19H22ClNO5. The lowest BCUT2D eigenvalue weighted by Crippen LogP contribution is -2.13. The third kappa shape index (κ3) is 4.95. The number of halogens is 1. The molecule has 0 radical (unpaired) electrons.